The number of pyridine rings is 1. The number of amides is 2. The van der Waals surface area contributed by atoms with E-state index in [1.54, 1.807) is 12.1 Å². The first-order valence-corrected chi connectivity index (χ1v) is 12.0. The lowest BCUT2D eigenvalue weighted by atomic mass is 9.61. The van der Waals surface area contributed by atoms with E-state index < -0.39 is 6.09 Å². The predicted octanol–water partition coefficient (Wildman–Crippen LogP) is 4.02. The van der Waals surface area contributed by atoms with E-state index in [1.165, 1.54) is 30.1 Å². The number of halogens is 1. The largest absolute Gasteiger partial charge is 0.465 e. The summed E-state index contributed by atoms with van der Waals surface area (Å²) in [5.41, 5.74) is 2.18. The van der Waals surface area contributed by atoms with Gasteiger partial charge in [0.05, 0.1) is 6.54 Å². The number of rotatable bonds is 7. The molecule has 2 aromatic heterocycles. The van der Waals surface area contributed by atoms with E-state index >= 15 is 0 Å². The second-order valence-electron chi connectivity index (χ2n) is 9.78. The molecule has 5 rings (SSSR count). The molecule has 0 unspecified atom stereocenters. The van der Waals surface area contributed by atoms with Gasteiger partial charge in [0, 0.05) is 44.5 Å². The Hall–Kier alpha value is -3.95. The van der Waals surface area contributed by atoms with Gasteiger partial charge in [0.15, 0.2) is 11.5 Å². The normalized spacial score (nSPS) is 20.8. The van der Waals surface area contributed by atoms with Gasteiger partial charge in [-0.15, -0.1) is 0 Å². The Morgan fingerprint density at radius 2 is 1.97 bits per heavy atom. The van der Waals surface area contributed by atoms with E-state index in [0.717, 1.165) is 49.3 Å². The Morgan fingerprint density at radius 1 is 1.22 bits per heavy atom. The Labute approximate surface area is 207 Å². The summed E-state index contributed by atoms with van der Waals surface area (Å²) in [6, 6.07) is 11.9. The fraction of sp³-hybridized carbons (Fsp3) is 0.385. The topological polar surface area (TPSA) is 112 Å². The molecule has 9 nitrogen and oxygen atoms in total. The van der Waals surface area contributed by atoms with Gasteiger partial charge in [-0.3, -0.25) is 4.79 Å². The summed E-state index contributed by atoms with van der Waals surface area (Å²) in [6.45, 7) is 2.28. The zero-order valence-corrected chi connectivity index (χ0v) is 20.0. The molecule has 3 heterocycles. The van der Waals surface area contributed by atoms with Gasteiger partial charge in [0.25, 0.3) is 5.91 Å². The lowest BCUT2D eigenvalue weighted by Crippen LogP contribution is -2.45. The summed E-state index contributed by atoms with van der Waals surface area (Å²) in [5.74, 6) is 0.899. The lowest BCUT2D eigenvalue weighted by molar-refractivity contribution is 0.0432. The van der Waals surface area contributed by atoms with Crippen molar-refractivity contribution in [3.63, 3.8) is 0 Å². The van der Waals surface area contributed by atoms with Crippen molar-refractivity contribution in [2.75, 3.05) is 31.6 Å². The molecule has 1 aromatic carbocycles. The Bertz CT molecular complexity index is 1240. The number of aromatic nitrogens is 2. The summed E-state index contributed by atoms with van der Waals surface area (Å²) < 4.78 is 18.3. The average molecular weight is 494 g/mol. The van der Waals surface area contributed by atoms with Crippen LogP contribution in [0.15, 0.2) is 53.2 Å². The van der Waals surface area contributed by atoms with Crippen LogP contribution in [0.2, 0.25) is 0 Å². The van der Waals surface area contributed by atoms with Gasteiger partial charge in [-0.25, -0.2) is 14.2 Å². The van der Waals surface area contributed by atoms with Crippen molar-refractivity contribution < 1.29 is 23.6 Å². The van der Waals surface area contributed by atoms with Crippen LogP contribution in [0, 0.1) is 17.2 Å². The Kier molecular flexibility index (Phi) is 6.34. The number of carbonyl (C=O) groups is 2. The summed E-state index contributed by atoms with van der Waals surface area (Å²) in [6.07, 6.45) is 3.77. The number of carboxylic acid groups (broad SMARTS) is 1. The van der Waals surface area contributed by atoms with Crippen LogP contribution in [0.1, 0.15) is 35.5 Å². The highest BCUT2D eigenvalue weighted by atomic mass is 19.1. The van der Waals surface area contributed by atoms with Crippen molar-refractivity contribution in [2.24, 2.45) is 11.3 Å². The molecule has 2 N–H and O–H groups in total. The van der Waals surface area contributed by atoms with Crippen molar-refractivity contribution in [1.29, 1.82) is 0 Å². The zero-order valence-electron chi connectivity index (χ0n) is 20.0. The Balaban J connectivity index is 1.15. The lowest BCUT2D eigenvalue weighted by Gasteiger charge is -2.46. The van der Waals surface area contributed by atoms with Crippen molar-refractivity contribution in [3.05, 3.63) is 65.9 Å². The molecule has 188 valence electrons. The molecule has 0 bridgehead atoms. The first kappa shape index (κ1) is 23.8. The molecular formula is C26H28FN5O4. The van der Waals surface area contributed by atoms with Crippen LogP contribution in [-0.2, 0) is 6.54 Å². The first-order valence-electron chi connectivity index (χ1n) is 12.0. The molecule has 10 heteroatoms. The number of anilines is 1. The first-order chi connectivity index (χ1) is 17.3. The number of carbonyl (C=O) groups excluding carboxylic acids is 1. The van der Waals surface area contributed by atoms with Crippen molar-refractivity contribution in [3.8, 4) is 11.1 Å². The molecule has 0 radical (unpaired) electrons. The van der Waals surface area contributed by atoms with E-state index in [9.17, 15) is 19.1 Å². The van der Waals surface area contributed by atoms with Gasteiger partial charge in [0.1, 0.15) is 11.6 Å². The number of hydrogen-bond acceptors (Lipinski definition) is 6. The monoisotopic (exact) mass is 493 g/mol. The summed E-state index contributed by atoms with van der Waals surface area (Å²) in [5, 5.41) is 15.8. The quantitative estimate of drug-likeness (QED) is 0.511. The summed E-state index contributed by atoms with van der Waals surface area (Å²) in [4.78, 5) is 31.7. The third-order valence-electron chi connectivity index (χ3n) is 7.25. The zero-order chi connectivity index (χ0) is 25.3. The maximum Gasteiger partial charge on any atom is 0.407 e. The molecule has 2 fully saturated rings. The summed E-state index contributed by atoms with van der Waals surface area (Å²) in [7, 11) is 1.50. The molecule has 1 aliphatic carbocycles. The number of benzene rings is 1. The Morgan fingerprint density at radius 3 is 2.64 bits per heavy atom. The van der Waals surface area contributed by atoms with Gasteiger partial charge in [-0.2, -0.15) is 0 Å². The van der Waals surface area contributed by atoms with Crippen LogP contribution in [0.5, 0.6) is 0 Å². The smallest absolute Gasteiger partial charge is 0.407 e. The third kappa shape index (κ3) is 4.89. The number of nitrogens with one attached hydrogen (secondary N) is 1. The van der Waals surface area contributed by atoms with E-state index in [4.69, 9.17) is 4.52 Å². The van der Waals surface area contributed by atoms with Crippen LogP contribution < -0.4 is 10.2 Å². The minimum Gasteiger partial charge on any atom is -0.465 e. The van der Waals surface area contributed by atoms with E-state index in [-0.39, 0.29) is 35.3 Å². The highest BCUT2D eigenvalue weighted by molar-refractivity contribution is 5.91. The van der Waals surface area contributed by atoms with Crippen LogP contribution in [-0.4, -0.2) is 58.8 Å². The molecule has 2 aliphatic rings. The highest BCUT2D eigenvalue weighted by Gasteiger charge is 2.49. The van der Waals surface area contributed by atoms with Crippen LogP contribution in [0.25, 0.3) is 11.1 Å². The second-order valence-corrected chi connectivity index (χ2v) is 9.78. The van der Waals surface area contributed by atoms with Crippen molar-refractivity contribution in [1.82, 2.24) is 20.4 Å². The minimum absolute atomic E-state index is 0.0548. The number of nitrogens with zero attached hydrogens (tertiary/aromatic N) is 4. The van der Waals surface area contributed by atoms with Crippen LogP contribution in [0.4, 0.5) is 15.0 Å². The van der Waals surface area contributed by atoms with Crippen molar-refractivity contribution >= 4 is 17.8 Å². The molecule has 3 aromatic rings. The van der Waals surface area contributed by atoms with Gasteiger partial charge in [-0.05, 0) is 60.4 Å². The fourth-order valence-electron chi connectivity index (χ4n) is 5.48. The predicted molar refractivity (Wildman–Crippen MR) is 130 cm³/mol. The van der Waals surface area contributed by atoms with Crippen molar-refractivity contribution in [2.45, 2.75) is 25.8 Å². The molecule has 36 heavy (non-hydrogen) atoms. The maximum absolute atomic E-state index is 13.2. The highest BCUT2D eigenvalue weighted by Crippen LogP contribution is 2.52. The second kappa shape index (κ2) is 9.60. The molecule has 1 saturated heterocycles. The number of hydrogen-bond donors (Lipinski definition) is 2. The fourth-order valence-corrected chi connectivity index (χ4v) is 5.48. The molecule has 0 atom stereocenters. The van der Waals surface area contributed by atoms with Gasteiger partial charge in [-0.1, -0.05) is 17.3 Å². The third-order valence-corrected chi connectivity index (χ3v) is 7.25. The van der Waals surface area contributed by atoms with Crippen LogP contribution >= 0.6 is 0 Å². The molecule has 1 aliphatic heterocycles. The van der Waals surface area contributed by atoms with Gasteiger partial charge >= 0.3 is 6.09 Å². The molecule has 2 amide bonds. The summed E-state index contributed by atoms with van der Waals surface area (Å²) >= 11 is 0. The molecular weight excluding hydrogens is 465 g/mol. The average Bonchev–Trinajstić information content (AvgIpc) is 3.51. The standard InChI is InChI=1S/C26H28FN5O4/c1-28-24(33)22-10-21(36-30-22)15-32(25(34)35)14-17-11-26(12-17)8-9-31(16-26)23-7-4-19(13-29-23)18-2-5-20(27)6-3-18/h2-7,10,13,17H,8-9,11-12,14-16H2,1H3,(H,28,33)(H,34,35). The van der Waals surface area contributed by atoms with E-state index in [1.807, 2.05) is 18.3 Å². The van der Waals surface area contributed by atoms with Gasteiger partial charge < -0.3 is 24.7 Å². The van der Waals surface area contributed by atoms with Crippen LogP contribution in [0.3, 0.4) is 0 Å². The van der Waals surface area contributed by atoms with E-state index in [2.05, 4.69) is 20.4 Å². The molecule has 1 saturated carbocycles. The SMILES string of the molecule is CNC(=O)c1cc(CN(CC2CC3(CCN(c4ccc(-c5ccc(F)cc5)cn4)C3)C2)C(=O)O)on1. The minimum atomic E-state index is -1.02. The molecule has 1 spiro atoms. The van der Waals surface area contributed by atoms with E-state index in [0.29, 0.717) is 12.3 Å². The maximum atomic E-state index is 13.2. The van der Waals surface area contributed by atoms with Gasteiger partial charge in [0.2, 0.25) is 0 Å².